The zero-order chi connectivity index (χ0) is 16.6. The zero-order valence-electron chi connectivity index (χ0n) is 12.4. The van der Waals surface area contributed by atoms with Crippen LogP contribution in [0.4, 0.5) is 11.8 Å². The molecule has 0 radical (unpaired) electrons. The van der Waals surface area contributed by atoms with Crippen molar-refractivity contribution in [1.29, 1.82) is 0 Å². The molecular formula is C12H14N10O. The SMILES string of the molecule is Cc1nc(N)c2[nH]cnc2n1.Cn1c(N)nc2nc[nH]c2c1=O. The smallest absolute Gasteiger partial charge is 0.280 e. The van der Waals surface area contributed by atoms with Gasteiger partial charge in [0, 0.05) is 7.05 Å². The molecule has 0 aliphatic heterocycles. The molecule has 0 saturated carbocycles. The number of nitrogens with one attached hydrogen (secondary N) is 2. The molecule has 0 aliphatic rings. The van der Waals surface area contributed by atoms with Gasteiger partial charge in [-0.3, -0.25) is 9.36 Å². The topological polar surface area (TPSA) is 170 Å². The second kappa shape index (κ2) is 5.36. The minimum atomic E-state index is -0.213. The van der Waals surface area contributed by atoms with Crippen molar-refractivity contribution in [3.05, 3.63) is 28.8 Å². The fraction of sp³-hybridized carbons (Fsp3) is 0.167. The maximum atomic E-state index is 11.4. The maximum Gasteiger partial charge on any atom is 0.280 e. The predicted octanol–water partition coefficient (Wildman–Crippen LogP) is -0.518. The van der Waals surface area contributed by atoms with Crippen molar-refractivity contribution in [2.24, 2.45) is 7.05 Å². The van der Waals surface area contributed by atoms with E-state index in [2.05, 4.69) is 34.9 Å². The van der Waals surface area contributed by atoms with E-state index in [-0.39, 0.29) is 11.5 Å². The molecule has 6 N–H and O–H groups in total. The third kappa shape index (κ3) is 2.54. The first kappa shape index (κ1) is 14.4. The Balaban J connectivity index is 0.000000136. The van der Waals surface area contributed by atoms with Gasteiger partial charge in [0.2, 0.25) is 5.95 Å². The molecule has 0 atom stereocenters. The number of H-pyrrole nitrogens is 2. The summed E-state index contributed by atoms with van der Waals surface area (Å²) in [7, 11) is 1.56. The summed E-state index contributed by atoms with van der Waals surface area (Å²) < 4.78 is 1.26. The van der Waals surface area contributed by atoms with E-state index in [1.807, 2.05) is 0 Å². The van der Waals surface area contributed by atoms with Crippen LogP contribution in [0.3, 0.4) is 0 Å². The number of aromatic amines is 2. The first-order valence-corrected chi connectivity index (χ1v) is 6.56. The van der Waals surface area contributed by atoms with Crippen molar-refractivity contribution in [2.45, 2.75) is 6.92 Å². The number of rotatable bonds is 0. The van der Waals surface area contributed by atoms with Gasteiger partial charge >= 0.3 is 0 Å². The number of nitrogen functional groups attached to an aromatic ring is 2. The Kier molecular flexibility index (Phi) is 3.37. The summed E-state index contributed by atoms with van der Waals surface area (Å²) in [4.78, 5) is 36.6. The number of aryl methyl sites for hydroxylation is 1. The van der Waals surface area contributed by atoms with Crippen molar-refractivity contribution in [3.8, 4) is 0 Å². The number of fused-ring (bicyclic) bond motifs is 2. The number of anilines is 2. The van der Waals surface area contributed by atoms with E-state index < -0.39 is 0 Å². The molecule has 118 valence electrons. The van der Waals surface area contributed by atoms with E-state index >= 15 is 0 Å². The van der Waals surface area contributed by atoms with Gasteiger partial charge in [0.1, 0.15) is 11.3 Å². The second-order valence-corrected chi connectivity index (χ2v) is 4.69. The number of nitrogens with zero attached hydrogens (tertiary/aromatic N) is 6. The van der Waals surface area contributed by atoms with Crippen molar-refractivity contribution in [3.63, 3.8) is 0 Å². The monoisotopic (exact) mass is 314 g/mol. The lowest BCUT2D eigenvalue weighted by Crippen LogP contribution is -2.21. The highest BCUT2D eigenvalue weighted by Gasteiger charge is 2.06. The van der Waals surface area contributed by atoms with E-state index in [4.69, 9.17) is 11.5 Å². The lowest BCUT2D eigenvalue weighted by Gasteiger charge is -1.99. The number of nitrogens with two attached hydrogens (primary N) is 2. The van der Waals surface area contributed by atoms with Crippen LogP contribution in [0.15, 0.2) is 17.4 Å². The highest BCUT2D eigenvalue weighted by molar-refractivity contribution is 5.80. The van der Waals surface area contributed by atoms with E-state index in [1.54, 1.807) is 20.3 Å². The molecule has 4 aromatic heterocycles. The number of hydrogen-bond acceptors (Lipinski definition) is 8. The highest BCUT2D eigenvalue weighted by atomic mass is 16.1. The molecule has 0 saturated heterocycles. The fourth-order valence-electron chi connectivity index (χ4n) is 1.95. The molecule has 0 spiro atoms. The third-order valence-corrected chi connectivity index (χ3v) is 3.13. The standard InChI is InChI=1S/C6H7N5O.C6H7N5/c1-11-5(12)3-4(9-2-8-3)10-6(11)7;1-3-10-5(7)4-6(11-3)9-2-8-4/h2H,1H3,(H2,7,10)(H,8,9);2H,1H3,(H3,7,8,9,10,11). The summed E-state index contributed by atoms with van der Waals surface area (Å²) in [6.45, 7) is 1.78. The summed E-state index contributed by atoms with van der Waals surface area (Å²) >= 11 is 0. The molecule has 0 amide bonds. The number of hydrogen-bond donors (Lipinski definition) is 4. The quantitative estimate of drug-likeness (QED) is 0.336. The van der Waals surface area contributed by atoms with Gasteiger partial charge in [0.05, 0.1) is 12.7 Å². The van der Waals surface area contributed by atoms with Crippen LogP contribution < -0.4 is 17.0 Å². The average Bonchev–Trinajstić information content (AvgIpc) is 3.14. The molecule has 0 fully saturated rings. The lowest BCUT2D eigenvalue weighted by atomic mass is 10.5. The van der Waals surface area contributed by atoms with Crippen molar-refractivity contribution < 1.29 is 0 Å². The van der Waals surface area contributed by atoms with Gasteiger partial charge in [-0.05, 0) is 6.92 Å². The first-order chi connectivity index (χ1) is 11.0. The van der Waals surface area contributed by atoms with Crippen LogP contribution in [0.2, 0.25) is 0 Å². The molecule has 4 aromatic rings. The molecule has 11 heteroatoms. The molecular weight excluding hydrogens is 300 g/mol. The Labute approximate surface area is 128 Å². The summed E-state index contributed by atoms with van der Waals surface area (Å²) in [6, 6.07) is 0. The Morgan fingerprint density at radius 1 is 1.00 bits per heavy atom. The molecule has 4 rings (SSSR count). The normalized spacial score (nSPS) is 10.7. The van der Waals surface area contributed by atoms with E-state index in [1.165, 1.54) is 10.9 Å². The van der Waals surface area contributed by atoms with Gasteiger partial charge < -0.3 is 21.4 Å². The largest absolute Gasteiger partial charge is 0.382 e. The van der Waals surface area contributed by atoms with Crippen LogP contribution in [0.25, 0.3) is 22.3 Å². The Bertz CT molecular complexity index is 1040. The van der Waals surface area contributed by atoms with Crippen molar-refractivity contribution >= 4 is 34.1 Å². The molecule has 0 unspecified atom stereocenters. The van der Waals surface area contributed by atoms with Crippen molar-refractivity contribution in [1.82, 2.24) is 39.5 Å². The molecule has 0 aromatic carbocycles. The Morgan fingerprint density at radius 3 is 2.30 bits per heavy atom. The summed E-state index contributed by atoms with van der Waals surface area (Å²) in [5.74, 6) is 1.26. The average molecular weight is 314 g/mol. The second-order valence-electron chi connectivity index (χ2n) is 4.69. The molecule has 0 bridgehead atoms. The van der Waals surface area contributed by atoms with Crippen LogP contribution in [0.1, 0.15) is 5.82 Å². The van der Waals surface area contributed by atoms with Gasteiger partial charge in [0.15, 0.2) is 22.6 Å². The minimum absolute atomic E-state index is 0.166. The van der Waals surface area contributed by atoms with E-state index in [0.717, 1.165) is 0 Å². The van der Waals surface area contributed by atoms with Crippen LogP contribution in [-0.4, -0.2) is 39.5 Å². The Morgan fingerprint density at radius 2 is 1.61 bits per heavy atom. The summed E-state index contributed by atoms with van der Waals surface area (Å²) in [5, 5.41) is 0. The lowest BCUT2D eigenvalue weighted by molar-refractivity contribution is 0.858. The Hall–Kier alpha value is -3.50. The highest BCUT2D eigenvalue weighted by Crippen LogP contribution is 2.11. The van der Waals surface area contributed by atoms with Gasteiger partial charge in [0.25, 0.3) is 5.56 Å². The number of imidazole rings is 2. The first-order valence-electron chi connectivity index (χ1n) is 6.56. The maximum absolute atomic E-state index is 11.4. The van der Waals surface area contributed by atoms with Crippen LogP contribution in [0, 0.1) is 6.92 Å². The molecule has 0 aliphatic carbocycles. The number of aromatic nitrogens is 8. The van der Waals surface area contributed by atoms with Crippen LogP contribution >= 0.6 is 0 Å². The van der Waals surface area contributed by atoms with Crippen LogP contribution in [-0.2, 0) is 7.05 Å². The predicted molar refractivity (Wildman–Crippen MR) is 84.4 cm³/mol. The van der Waals surface area contributed by atoms with Crippen LogP contribution in [0.5, 0.6) is 0 Å². The van der Waals surface area contributed by atoms with Gasteiger partial charge in [-0.2, -0.15) is 4.98 Å². The van der Waals surface area contributed by atoms with Gasteiger partial charge in [-0.25, -0.2) is 19.9 Å². The van der Waals surface area contributed by atoms with Gasteiger partial charge in [-0.1, -0.05) is 0 Å². The molecule has 11 nitrogen and oxygen atoms in total. The van der Waals surface area contributed by atoms with Gasteiger partial charge in [-0.15, -0.1) is 0 Å². The van der Waals surface area contributed by atoms with Crippen molar-refractivity contribution in [2.75, 3.05) is 11.5 Å². The molecule has 4 heterocycles. The van der Waals surface area contributed by atoms with E-state index in [0.29, 0.717) is 34.0 Å². The minimum Gasteiger partial charge on any atom is -0.382 e. The summed E-state index contributed by atoms with van der Waals surface area (Å²) in [6.07, 6.45) is 2.97. The zero-order valence-corrected chi connectivity index (χ0v) is 12.4. The fourth-order valence-corrected chi connectivity index (χ4v) is 1.95. The summed E-state index contributed by atoms with van der Waals surface area (Å²) in [5.41, 5.74) is 12.9. The van der Waals surface area contributed by atoms with E-state index in [9.17, 15) is 4.79 Å². The molecule has 23 heavy (non-hydrogen) atoms. The third-order valence-electron chi connectivity index (χ3n) is 3.13.